The number of methoxy groups -OCH3 is 1. The van der Waals surface area contributed by atoms with Crippen molar-refractivity contribution in [3.05, 3.63) is 45.8 Å². The first kappa shape index (κ1) is 28.6. The monoisotopic (exact) mass is 515 g/mol. The summed E-state index contributed by atoms with van der Waals surface area (Å²) in [5.74, 6) is -0.644. The van der Waals surface area contributed by atoms with E-state index in [1.165, 1.54) is 42.1 Å². The molecule has 2 aromatic rings. The van der Waals surface area contributed by atoms with Crippen molar-refractivity contribution in [3.63, 3.8) is 0 Å². The lowest BCUT2D eigenvalue weighted by atomic mass is 10.0. The molecular formula is C25H32ClF2NO6. The summed E-state index contributed by atoms with van der Waals surface area (Å²) < 4.78 is 48.5. The summed E-state index contributed by atoms with van der Waals surface area (Å²) in [6.07, 6.45) is 1.50. The molecule has 1 aromatic heterocycles. The minimum absolute atomic E-state index is 0.142. The highest BCUT2D eigenvalue weighted by atomic mass is 35.5. The molecule has 1 atom stereocenters. The van der Waals surface area contributed by atoms with Gasteiger partial charge in [0.05, 0.1) is 18.9 Å². The van der Waals surface area contributed by atoms with E-state index >= 15 is 0 Å². The minimum atomic E-state index is -3.08. The number of hydrogen-bond acceptors (Lipinski definition) is 6. The quantitative estimate of drug-likeness (QED) is 0.389. The zero-order chi connectivity index (χ0) is 26.6. The van der Waals surface area contributed by atoms with E-state index in [4.69, 9.17) is 25.8 Å². The van der Waals surface area contributed by atoms with E-state index in [0.29, 0.717) is 0 Å². The van der Waals surface area contributed by atoms with Crippen LogP contribution in [0.5, 0.6) is 11.5 Å². The maximum Gasteiger partial charge on any atom is 0.387 e. The minimum Gasteiger partial charge on any atom is -0.495 e. The molecule has 194 valence electrons. The van der Waals surface area contributed by atoms with Gasteiger partial charge < -0.3 is 18.9 Å². The summed E-state index contributed by atoms with van der Waals surface area (Å²) in [7, 11) is 1.36. The van der Waals surface area contributed by atoms with Crippen molar-refractivity contribution in [1.82, 2.24) is 4.57 Å². The van der Waals surface area contributed by atoms with E-state index < -0.39 is 35.4 Å². The van der Waals surface area contributed by atoms with Crippen LogP contribution in [-0.4, -0.2) is 42.1 Å². The lowest BCUT2D eigenvalue weighted by molar-refractivity contribution is -0.160. The van der Waals surface area contributed by atoms with Crippen molar-refractivity contribution in [2.24, 2.45) is 0 Å². The number of alkyl halides is 2. The third-order valence-corrected chi connectivity index (χ3v) is 4.89. The lowest BCUT2D eigenvalue weighted by Crippen LogP contribution is -2.36. The smallest absolute Gasteiger partial charge is 0.387 e. The fourth-order valence-electron chi connectivity index (χ4n) is 3.27. The van der Waals surface area contributed by atoms with Crippen LogP contribution in [0.3, 0.4) is 0 Å². The van der Waals surface area contributed by atoms with Gasteiger partial charge >= 0.3 is 12.6 Å². The van der Waals surface area contributed by atoms with Crippen LogP contribution >= 0.6 is 11.6 Å². The molecule has 0 aliphatic rings. The SMILES string of the molecule is COc1cn(C(CCOC(C)(C)C)C(=O)OC(C)(C)C)c(=O)cc1-c1cc(Cl)ccc1OC(F)F. The van der Waals surface area contributed by atoms with Crippen LogP contribution in [0.4, 0.5) is 8.78 Å². The molecule has 1 aromatic carbocycles. The highest BCUT2D eigenvalue weighted by Crippen LogP contribution is 2.38. The molecule has 1 unspecified atom stereocenters. The van der Waals surface area contributed by atoms with E-state index in [-0.39, 0.29) is 40.7 Å². The van der Waals surface area contributed by atoms with Gasteiger partial charge in [0.25, 0.3) is 5.56 Å². The fourth-order valence-corrected chi connectivity index (χ4v) is 3.45. The van der Waals surface area contributed by atoms with Crippen molar-refractivity contribution in [3.8, 4) is 22.6 Å². The summed E-state index contributed by atoms with van der Waals surface area (Å²) in [6, 6.07) is 4.24. The summed E-state index contributed by atoms with van der Waals surface area (Å²) in [5.41, 5.74) is -1.48. The van der Waals surface area contributed by atoms with Crippen LogP contribution in [0.25, 0.3) is 11.1 Å². The van der Waals surface area contributed by atoms with Gasteiger partial charge in [-0.25, -0.2) is 4.79 Å². The summed E-state index contributed by atoms with van der Waals surface area (Å²) in [5, 5.41) is 0.249. The van der Waals surface area contributed by atoms with Crippen LogP contribution in [0, 0.1) is 0 Å². The van der Waals surface area contributed by atoms with Crippen molar-refractivity contribution in [2.75, 3.05) is 13.7 Å². The molecule has 0 bridgehead atoms. The normalized spacial score (nSPS) is 13.0. The van der Waals surface area contributed by atoms with E-state index in [9.17, 15) is 18.4 Å². The number of halogens is 3. The first-order valence-corrected chi connectivity index (χ1v) is 11.4. The predicted molar refractivity (Wildman–Crippen MR) is 130 cm³/mol. The van der Waals surface area contributed by atoms with E-state index in [2.05, 4.69) is 4.74 Å². The highest BCUT2D eigenvalue weighted by molar-refractivity contribution is 6.31. The standard InChI is InChI=1S/C25H32ClF2NO6/c1-24(2,3)33-11-10-18(22(31)35-25(4,5)6)29-14-20(32-7)17(13-21(29)30)16-12-15(26)8-9-19(16)34-23(27)28/h8-9,12-14,18,23H,10-11H2,1-7H3. The number of esters is 1. The maximum atomic E-state index is 13.2. The number of pyridine rings is 1. The van der Waals surface area contributed by atoms with Crippen LogP contribution in [0.2, 0.25) is 5.02 Å². The third-order valence-electron chi connectivity index (χ3n) is 4.65. The van der Waals surface area contributed by atoms with Crippen LogP contribution < -0.4 is 15.0 Å². The lowest BCUT2D eigenvalue weighted by Gasteiger charge is -2.27. The number of carbonyl (C=O) groups is 1. The molecule has 10 heteroatoms. The van der Waals surface area contributed by atoms with Gasteiger partial charge in [0.2, 0.25) is 0 Å². The molecule has 0 N–H and O–H groups in total. The highest BCUT2D eigenvalue weighted by Gasteiger charge is 2.29. The number of benzene rings is 1. The Labute approximate surface area is 208 Å². The number of rotatable bonds is 9. The van der Waals surface area contributed by atoms with Gasteiger partial charge in [-0.3, -0.25) is 9.36 Å². The van der Waals surface area contributed by atoms with Crippen LogP contribution in [-0.2, 0) is 14.3 Å². The average Bonchev–Trinajstić information content (AvgIpc) is 2.70. The molecule has 7 nitrogen and oxygen atoms in total. The van der Waals surface area contributed by atoms with Crippen molar-refractivity contribution >= 4 is 17.6 Å². The molecular weight excluding hydrogens is 484 g/mol. The Bertz CT molecular complexity index is 1090. The first-order chi connectivity index (χ1) is 16.1. The molecule has 0 radical (unpaired) electrons. The molecule has 35 heavy (non-hydrogen) atoms. The number of aromatic nitrogens is 1. The Morgan fingerprint density at radius 1 is 1.03 bits per heavy atom. The van der Waals surface area contributed by atoms with E-state index in [0.717, 1.165) is 0 Å². The van der Waals surface area contributed by atoms with Crippen LogP contribution in [0.1, 0.15) is 54.0 Å². The molecule has 0 amide bonds. The number of carbonyl (C=O) groups excluding carboxylic acids is 1. The van der Waals surface area contributed by atoms with Gasteiger partial charge in [-0.05, 0) is 59.7 Å². The topological polar surface area (TPSA) is 76.0 Å². The molecule has 0 saturated heterocycles. The van der Waals surface area contributed by atoms with Gasteiger partial charge in [0.1, 0.15) is 23.1 Å². The number of nitrogens with zero attached hydrogens (tertiary/aromatic N) is 1. The molecule has 2 rings (SSSR count). The third kappa shape index (κ3) is 8.50. The van der Waals surface area contributed by atoms with E-state index in [1.54, 1.807) is 20.8 Å². The Hall–Kier alpha value is -2.65. The van der Waals surface area contributed by atoms with Gasteiger partial charge in [-0.2, -0.15) is 8.78 Å². The Morgan fingerprint density at radius 2 is 1.66 bits per heavy atom. The van der Waals surface area contributed by atoms with Crippen molar-refractivity contribution < 1.29 is 32.5 Å². The fraction of sp³-hybridized carbons (Fsp3) is 0.520. The zero-order valence-corrected chi connectivity index (χ0v) is 21.7. The molecule has 0 aliphatic heterocycles. The van der Waals surface area contributed by atoms with Gasteiger partial charge in [-0.15, -0.1) is 0 Å². The second-order valence-electron chi connectivity index (χ2n) is 9.82. The second kappa shape index (κ2) is 11.4. The van der Waals surface area contributed by atoms with Crippen LogP contribution in [0.15, 0.2) is 35.3 Å². The van der Waals surface area contributed by atoms with Gasteiger partial charge in [-0.1, -0.05) is 11.6 Å². The summed E-state index contributed by atoms with van der Waals surface area (Å²) in [6.45, 7) is 7.92. The molecule has 0 aliphatic carbocycles. The Balaban J connectivity index is 2.59. The largest absolute Gasteiger partial charge is 0.495 e. The molecule has 0 fully saturated rings. The van der Waals surface area contributed by atoms with E-state index in [1.807, 2.05) is 20.8 Å². The number of ether oxygens (including phenoxy) is 4. The molecule has 0 saturated carbocycles. The average molecular weight is 516 g/mol. The maximum absolute atomic E-state index is 13.2. The predicted octanol–water partition coefficient (Wildman–Crippen LogP) is 5.87. The van der Waals surface area contributed by atoms with Crippen molar-refractivity contribution in [2.45, 2.75) is 71.8 Å². The number of hydrogen-bond donors (Lipinski definition) is 0. The van der Waals surface area contributed by atoms with Gasteiger partial charge in [0.15, 0.2) is 0 Å². The zero-order valence-electron chi connectivity index (χ0n) is 21.0. The Kier molecular flexibility index (Phi) is 9.30. The summed E-state index contributed by atoms with van der Waals surface area (Å²) >= 11 is 6.08. The van der Waals surface area contributed by atoms with Gasteiger partial charge in [0, 0.05) is 35.2 Å². The molecule has 0 spiro atoms. The Morgan fingerprint density at radius 3 is 2.20 bits per heavy atom. The molecule has 1 heterocycles. The summed E-state index contributed by atoms with van der Waals surface area (Å²) in [4.78, 5) is 26.3. The second-order valence-corrected chi connectivity index (χ2v) is 10.3. The van der Waals surface area contributed by atoms with Crippen molar-refractivity contribution in [1.29, 1.82) is 0 Å². The first-order valence-electron chi connectivity index (χ1n) is 11.0.